The quantitative estimate of drug-likeness (QED) is 0.687. The molecule has 29 heavy (non-hydrogen) atoms. The molecule has 0 radical (unpaired) electrons. The van der Waals surface area contributed by atoms with Crippen LogP contribution in [0.5, 0.6) is 5.75 Å². The minimum Gasteiger partial charge on any atom is -0.476 e. The molecule has 1 N–H and O–H groups in total. The number of fused-ring (bicyclic) bond motifs is 1. The number of pyridine rings is 1. The van der Waals surface area contributed by atoms with Gasteiger partial charge in [0.1, 0.15) is 5.75 Å². The van der Waals surface area contributed by atoms with Gasteiger partial charge in [-0.3, -0.25) is 14.1 Å². The lowest BCUT2D eigenvalue weighted by Gasteiger charge is -2.34. The minimum absolute atomic E-state index is 0.110. The van der Waals surface area contributed by atoms with Gasteiger partial charge in [-0.2, -0.15) is 0 Å². The smallest absolute Gasteiger partial charge is 0.267 e. The van der Waals surface area contributed by atoms with E-state index in [0.29, 0.717) is 10.7 Å². The van der Waals surface area contributed by atoms with Crippen molar-refractivity contribution in [2.75, 3.05) is 16.2 Å². The molecule has 1 aliphatic rings. The van der Waals surface area contributed by atoms with E-state index in [1.165, 1.54) is 24.4 Å². The van der Waals surface area contributed by atoms with Crippen molar-refractivity contribution in [1.29, 1.82) is 0 Å². The minimum atomic E-state index is -3.93. The fraction of sp³-hybridized carbons (Fsp3) is 0.100. The molecule has 1 aliphatic heterocycles. The molecule has 3 aromatic rings. The number of carbonyl (C=O) groups is 1. The number of amides is 1. The highest BCUT2D eigenvalue weighted by molar-refractivity contribution is 7.92. The zero-order chi connectivity index (χ0) is 20.4. The van der Waals surface area contributed by atoms with E-state index in [-0.39, 0.29) is 22.9 Å². The van der Waals surface area contributed by atoms with E-state index in [9.17, 15) is 13.2 Å². The van der Waals surface area contributed by atoms with Crippen molar-refractivity contribution >= 4 is 38.9 Å². The molecule has 4 rings (SSSR count). The molecule has 9 heteroatoms. The second-order valence-corrected chi connectivity index (χ2v) is 8.60. The molecule has 0 saturated heterocycles. The van der Waals surface area contributed by atoms with E-state index < -0.39 is 22.0 Å². The van der Waals surface area contributed by atoms with Gasteiger partial charge < -0.3 is 10.1 Å². The molecule has 0 spiro atoms. The maximum atomic E-state index is 13.3. The van der Waals surface area contributed by atoms with Crippen LogP contribution in [0.15, 0.2) is 78.0 Å². The van der Waals surface area contributed by atoms with E-state index in [2.05, 4.69) is 10.3 Å². The maximum Gasteiger partial charge on any atom is 0.267 e. The Morgan fingerprint density at radius 3 is 2.66 bits per heavy atom. The van der Waals surface area contributed by atoms with Gasteiger partial charge in [0.15, 0.2) is 6.10 Å². The van der Waals surface area contributed by atoms with Gasteiger partial charge in [0.25, 0.3) is 15.9 Å². The first-order valence-corrected chi connectivity index (χ1v) is 10.5. The molecular formula is C20H16ClN3O4S. The Bertz CT molecular complexity index is 1140. The summed E-state index contributed by atoms with van der Waals surface area (Å²) in [4.78, 5) is 16.8. The third-order valence-corrected chi connectivity index (χ3v) is 6.37. The summed E-state index contributed by atoms with van der Waals surface area (Å²) in [6.45, 7) is -0.198. The lowest BCUT2D eigenvalue weighted by Crippen LogP contribution is -2.48. The highest BCUT2D eigenvalue weighted by atomic mass is 35.5. The lowest BCUT2D eigenvalue weighted by molar-refractivity contribution is -0.122. The number of carbonyl (C=O) groups excluding carboxylic acids is 1. The molecule has 1 aromatic heterocycles. The van der Waals surface area contributed by atoms with Crippen LogP contribution in [-0.2, 0) is 14.8 Å². The number of halogens is 1. The molecule has 0 bridgehead atoms. The summed E-state index contributed by atoms with van der Waals surface area (Å²) >= 11 is 6.08. The monoisotopic (exact) mass is 429 g/mol. The van der Waals surface area contributed by atoms with Crippen molar-refractivity contribution in [3.05, 3.63) is 78.1 Å². The number of hydrogen-bond acceptors (Lipinski definition) is 5. The van der Waals surface area contributed by atoms with Crippen molar-refractivity contribution in [2.24, 2.45) is 0 Å². The van der Waals surface area contributed by atoms with Crippen molar-refractivity contribution in [1.82, 2.24) is 4.98 Å². The van der Waals surface area contributed by atoms with Crippen molar-refractivity contribution in [3.63, 3.8) is 0 Å². The predicted octanol–water partition coefficient (Wildman–Crippen LogP) is 3.33. The van der Waals surface area contributed by atoms with Crippen molar-refractivity contribution in [3.8, 4) is 5.75 Å². The molecule has 148 valence electrons. The summed E-state index contributed by atoms with van der Waals surface area (Å²) in [6, 6.07) is 16.0. The summed E-state index contributed by atoms with van der Waals surface area (Å²) in [5.74, 6) is -0.224. The standard InChI is InChI=1S/C20H16ClN3O4S/c21-14-8-9-18-17(11-14)24(29(26,27)16-6-2-1-3-7-16)13-19(28-18)20(25)23-15-5-4-10-22-12-15/h1-12,19H,13H2,(H,23,25)/t19-/m0/s1. The van der Waals surface area contributed by atoms with Crippen LogP contribution in [0.3, 0.4) is 0 Å². The zero-order valence-electron chi connectivity index (χ0n) is 15.0. The first-order chi connectivity index (χ1) is 13.9. The Morgan fingerprint density at radius 1 is 1.14 bits per heavy atom. The topological polar surface area (TPSA) is 88.6 Å². The molecule has 0 unspecified atom stereocenters. The number of hydrogen-bond donors (Lipinski definition) is 1. The number of benzene rings is 2. The third kappa shape index (κ3) is 3.90. The lowest BCUT2D eigenvalue weighted by atomic mass is 10.2. The SMILES string of the molecule is O=C(Nc1cccnc1)[C@@H]1CN(S(=O)(=O)c2ccccc2)c2cc(Cl)ccc2O1. The molecule has 0 fully saturated rings. The van der Waals surface area contributed by atoms with Gasteiger partial charge in [-0.15, -0.1) is 0 Å². The summed E-state index contributed by atoms with van der Waals surface area (Å²) < 4.78 is 33.5. The molecule has 0 aliphatic carbocycles. The van der Waals surface area contributed by atoms with Gasteiger partial charge in [0.2, 0.25) is 0 Å². The van der Waals surface area contributed by atoms with E-state index in [1.54, 1.807) is 48.7 Å². The number of ether oxygens (including phenoxy) is 1. The Labute approximate surface area is 173 Å². The average molecular weight is 430 g/mol. The van der Waals surface area contributed by atoms with Gasteiger partial charge in [-0.05, 0) is 42.5 Å². The molecule has 7 nitrogen and oxygen atoms in total. The summed E-state index contributed by atoms with van der Waals surface area (Å²) in [6.07, 6.45) is 2.02. The second kappa shape index (κ2) is 7.73. The van der Waals surface area contributed by atoms with Gasteiger partial charge in [-0.1, -0.05) is 29.8 Å². The maximum absolute atomic E-state index is 13.3. The van der Waals surface area contributed by atoms with Crippen LogP contribution in [0, 0.1) is 0 Å². The zero-order valence-corrected chi connectivity index (χ0v) is 16.6. The summed E-state index contributed by atoms with van der Waals surface area (Å²) in [5, 5.41) is 3.05. The number of rotatable bonds is 4. The van der Waals surface area contributed by atoms with Crippen LogP contribution in [0.25, 0.3) is 0 Å². The third-order valence-electron chi connectivity index (χ3n) is 4.34. The molecule has 2 aromatic carbocycles. The normalized spacial score (nSPS) is 15.9. The molecule has 1 amide bonds. The molecule has 1 atom stereocenters. The highest BCUT2D eigenvalue weighted by Crippen LogP contribution is 2.39. The fourth-order valence-corrected chi connectivity index (χ4v) is 4.62. The predicted molar refractivity (Wildman–Crippen MR) is 110 cm³/mol. The molecule has 2 heterocycles. The van der Waals surface area contributed by atoms with Crippen LogP contribution in [0.4, 0.5) is 11.4 Å². The van der Waals surface area contributed by atoms with Crippen LogP contribution in [0.2, 0.25) is 5.02 Å². The van der Waals surface area contributed by atoms with Gasteiger partial charge in [0, 0.05) is 11.2 Å². The summed E-state index contributed by atoms with van der Waals surface area (Å²) in [5.41, 5.74) is 0.771. The first-order valence-electron chi connectivity index (χ1n) is 8.70. The van der Waals surface area contributed by atoms with Crippen LogP contribution < -0.4 is 14.4 Å². The van der Waals surface area contributed by atoms with Crippen molar-refractivity contribution < 1.29 is 17.9 Å². The summed E-state index contributed by atoms with van der Waals surface area (Å²) in [7, 11) is -3.93. The van der Waals surface area contributed by atoms with Crippen LogP contribution in [0.1, 0.15) is 0 Å². The van der Waals surface area contributed by atoms with Crippen LogP contribution >= 0.6 is 11.6 Å². The second-order valence-electron chi connectivity index (χ2n) is 6.30. The Balaban J connectivity index is 1.71. The van der Waals surface area contributed by atoms with Gasteiger partial charge >= 0.3 is 0 Å². The van der Waals surface area contributed by atoms with Crippen LogP contribution in [-0.4, -0.2) is 32.0 Å². The number of aromatic nitrogens is 1. The Kier molecular flexibility index (Phi) is 5.12. The average Bonchev–Trinajstić information content (AvgIpc) is 2.74. The number of anilines is 2. The Hall–Kier alpha value is -3.10. The molecule has 0 saturated carbocycles. The first kappa shape index (κ1) is 19.2. The van der Waals surface area contributed by atoms with E-state index >= 15 is 0 Å². The van der Waals surface area contributed by atoms with Crippen molar-refractivity contribution in [2.45, 2.75) is 11.0 Å². The van der Waals surface area contributed by atoms with Gasteiger partial charge in [0.05, 0.1) is 29.0 Å². The Morgan fingerprint density at radius 2 is 1.93 bits per heavy atom. The number of nitrogens with zero attached hydrogens (tertiary/aromatic N) is 2. The largest absolute Gasteiger partial charge is 0.476 e. The highest BCUT2D eigenvalue weighted by Gasteiger charge is 2.37. The number of nitrogens with one attached hydrogen (secondary N) is 1. The molecular weight excluding hydrogens is 414 g/mol. The van der Waals surface area contributed by atoms with E-state index in [4.69, 9.17) is 16.3 Å². The fourth-order valence-electron chi connectivity index (χ4n) is 2.97. The number of sulfonamides is 1. The van der Waals surface area contributed by atoms with Gasteiger partial charge in [-0.25, -0.2) is 8.42 Å². The van der Waals surface area contributed by atoms with E-state index in [1.807, 2.05) is 0 Å². The van der Waals surface area contributed by atoms with E-state index in [0.717, 1.165) is 4.31 Å².